The van der Waals surface area contributed by atoms with Crippen molar-refractivity contribution in [3.8, 4) is 35.2 Å². The maximum absolute atomic E-state index is 16.9. The number of halogens is 3. The number of morpholine rings is 1. The maximum atomic E-state index is 16.9. The second kappa shape index (κ2) is 11.5. The molecule has 47 heavy (non-hydrogen) atoms. The molecule has 4 fully saturated rings. The van der Waals surface area contributed by atoms with E-state index < -0.39 is 23.0 Å². The van der Waals surface area contributed by atoms with Crippen LogP contribution in [0.4, 0.5) is 19.0 Å². The van der Waals surface area contributed by atoms with Crippen LogP contribution in [-0.4, -0.2) is 84.1 Å². The molecule has 1 aliphatic carbocycles. The number of fused-ring (bicyclic) bond motifs is 4. The first-order valence-electron chi connectivity index (χ1n) is 16.3. The number of piperazine rings is 1. The van der Waals surface area contributed by atoms with Gasteiger partial charge in [0.2, 0.25) is 0 Å². The molecule has 1 saturated carbocycles. The fourth-order valence-electron chi connectivity index (χ4n) is 7.70. The normalized spacial score (nSPS) is 23.7. The van der Waals surface area contributed by atoms with Crippen molar-refractivity contribution in [2.75, 3.05) is 50.8 Å². The number of aromatic nitrogens is 2. The van der Waals surface area contributed by atoms with Crippen molar-refractivity contribution in [3.05, 3.63) is 53.3 Å². The molecule has 2 unspecified atom stereocenters. The van der Waals surface area contributed by atoms with Gasteiger partial charge >= 0.3 is 6.01 Å². The highest BCUT2D eigenvalue weighted by atomic mass is 19.1. The summed E-state index contributed by atoms with van der Waals surface area (Å²) in [7, 11) is 0. The molecular weight excluding hydrogens is 607 g/mol. The Morgan fingerprint density at radius 3 is 2.60 bits per heavy atom. The molecule has 8 rings (SSSR count). The summed E-state index contributed by atoms with van der Waals surface area (Å²) in [5, 5.41) is 14.8. The molecule has 2 N–H and O–H groups in total. The zero-order valence-corrected chi connectivity index (χ0v) is 26.2. The van der Waals surface area contributed by atoms with Crippen molar-refractivity contribution in [1.82, 2.24) is 20.2 Å². The third-order valence-corrected chi connectivity index (χ3v) is 10.2. The average Bonchev–Trinajstić information content (AvgIpc) is 3.73. The molecule has 3 saturated heterocycles. The Kier molecular flexibility index (Phi) is 7.43. The van der Waals surface area contributed by atoms with Crippen LogP contribution in [-0.2, 0) is 4.74 Å². The van der Waals surface area contributed by atoms with Gasteiger partial charge in [0.15, 0.2) is 5.82 Å². The van der Waals surface area contributed by atoms with E-state index in [1.54, 1.807) is 0 Å². The van der Waals surface area contributed by atoms with Gasteiger partial charge in [-0.1, -0.05) is 12.0 Å². The number of ether oxygens (including phenoxy) is 2. The number of hydrogen-bond donors (Lipinski definition) is 2. The average molecular weight is 644 g/mol. The van der Waals surface area contributed by atoms with E-state index in [4.69, 9.17) is 20.9 Å². The number of benzene rings is 3. The Hall–Kier alpha value is -4.11. The number of hydrogen-bond acceptors (Lipinski definition) is 8. The summed E-state index contributed by atoms with van der Waals surface area (Å²) >= 11 is 0. The zero-order valence-electron chi connectivity index (χ0n) is 26.2. The van der Waals surface area contributed by atoms with E-state index in [0.29, 0.717) is 37.5 Å². The summed E-state index contributed by atoms with van der Waals surface area (Å²) in [6, 6.07) is 6.92. The van der Waals surface area contributed by atoms with Gasteiger partial charge in [-0.05, 0) is 62.3 Å². The van der Waals surface area contributed by atoms with Crippen molar-refractivity contribution >= 4 is 27.5 Å². The Morgan fingerprint density at radius 1 is 1.09 bits per heavy atom. The number of phenolic OH excluding ortho intramolecular Hbond substituents is 1. The molecule has 0 amide bonds. The van der Waals surface area contributed by atoms with E-state index in [2.05, 4.69) is 32.9 Å². The summed E-state index contributed by atoms with van der Waals surface area (Å²) in [4.78, 5) is 13.8. The maximum Gasteiger partial charge on any atom is 0.319 e. The second-order valence-corrected chi connectivity index (χ2v) is 13.7. The quantitative estimate of drug-likeness (QED) is 0.260. The lowest BCUT2D eigenvalue weighted by atomic mass is 9.92. The Labute approximate surface area is 270 Å². The number of nitrogens with zero attached hydrogens (tertiary/aromatic N) is 4. The van der Waals surface area contributed by atoms with Crippen molar-refractivity contribution < 1.29 is 27.8 Å². The van der Waals surface area contributed by atoms with Crippen LogP contribution in [0, 0.1) is 35.2 Å². The monoisotopic (exact) mass is 643 g/mol. The summed E-state index contributed by atoms with van der Waals surface area (Å²) in [5.74, 6) is -0.0815. The molecule has 3 atom stereocenters. The fourth-order valence-corrected chi connectivity index (χ4v) is 7.70. The van der Waals surface area contributed by atoms with Crippen LogP contribution in [0.1, 0.15) is 38.2 Å². The minimum atomic E-state index is -0.964. The summed E-state index contributed by atoms with van der Waals surface area (Å²) < 4.78 is 60.0. The summed E-state index contributed by atoms with van der Waals surface area (Å²) in [6.07, 6.45) is 9.87. The Bertz CT molecular complexity index is 1930. The zero-order chi connectivity index (χ0) is 32.4. The summed E-state index contributed by atoms with van der Waals surface area (Å²) in [5.41, 5.74) is -0.842. The first-order chi connectivity index (χ1) is 22.7. The molecule has 11 heteroatoms. The van der Waals surface area contributed by atoms with E-state index in [1.165, 1.54) is 30.3 Å². The van der Waals surface area contributed by atoms with Crippen LogP contribution in [0.5, 0.6) is 11.8 Å². The van der Waals surface area contributed by atoms with E-state index >= 15 is 8.78 Å². The predicted molar refractivity (Wildman–Crippen MR) is 173 cm³/mol. The molecule has 4 aliphatic rings. The molecule has 8 nitrogen and oxygen atoms in total. The van der Waals surface area contributed by atoms with Gasteiger partial charge in [0.25, 0.3) is 0 Å². The van der Waals surface area contributed by atoms with Gasteiger partial charge in [0, 0.05) is 66.6 Å². The van der Waals surface area contributed by atoms with Gasteiger partial charge < -0.3 is 24.8 Å². The summed E-state index contributed by atoms with van der Waals surface area (Å²) in [6.45, 7) is 7.00. The standard InChI is InChI=1S/C36H36F3N5O3/c1-3-25-28(37)7-4-21-12-24(45)13-26(30(21)25)31-29(38)14-27-33(32(31)39)41-35(42-34(27)44-16-22-5-6-23(17-44)40-22)47-19-36(8-9-36)18-43-10-11-46-20(2)15-43/h1,4,7,12-14,20,22-23,40,45H,5-6,8-11,15-19H2,2H3/t20-,22?,23?/m1/s1. The molecule has 4 aromatic rings. The molecule has 1 aromatic heterocycles. The van der Waals surface area contributed by atoms with Gasteiger partial charge in [-0.15, -0.1) is 6.42 Å². The molecule has 0 radical (unpaired) electrons. The van der Waals surface area contributed by atoms with Gasteiger partial charge in [-0.25, -0.2) is 13.2 Å². The topological polar surface area (TPSA) is 83.0 Å². The van der Waals surface area contributed by atoms with E-state index in [9.17, 15) is 9.50 Å². The number of aromatic hydroxyl groups is 1. The van der Waals surface area contributed by atoms with E-state index in [0.717, 1.165) is 45.3 Å². The van der Waals surface area contributed by atoms with Gasteiger partial charge in [0.05, 0.1) is 30.4 Å². The van der Waals surface area contributed by atoms with Crippen LogP contribution in [0.2, 0.25) is 0 Å². The highest BCUT2D eigenvalue weighted by Crippen LogP contribution is 2.47. The predicted octanol–water partition coefficient (Wildman–Crippen LogP) is 5.37. The fraction of sp³-hybridized carbons (Fsp3) is 0.444. The van der Waals surface area contributed by atoms with Crippen LogP contribution in [0.3, 0.4) is 0 Å². The van der Waals surface area contributed by atoms with Crippen molar-refractivity contribution in [2.45, 2.75) is 50.8 Å². The van der Waals surface area contributed by atoms with Crippen LogP contribution in [0.15, 0.2) is 30.3 Å². The van der Waals surface area contributed by atoms with E-state index in [1.807, 2.05) is 0 Å². The first-order valence-corrected chi connectivity index (χ1v) is 16.3. The minimum absolute atomic E-state index is 0.0209. The van der Waals surface area contributed by atoms with Gasteiger partial charge in [0.1, 0.15) is 28.7 Å². The van der Waals surface area contributed by atoms with Crippen molar-refractivity contribution in [1.29, 1.82) is 0 Å². The number of rotatable bonds is 7. The van der Waals surface area contributed by atoms with Gasteiger partial charge in [-0.2, -0.15) is 9.97 Å². The van der Waals surface area contributed by atoms with Gasteiger partial charge in [-0.3, -0.25) is 4.90 Å². The minimum Gasteiger partial charge on any atom is -0.508 e. The smallest absolute Gasteiger partial charge is 0.319 e. The van der Waals surface area contributed by atoms with Crippen LogP contribution >= 0.6 is 0 Å². The Balaban J connectivity index is 1.23. The van der Waals surface area contributed by atoms with E-state index in [-0.39, 0.29) is 62.8 Å². The molecule has 3 aromatic carbocycles. The van der Waals surface area contributed by atoms with Crippen LogP contribution < -0.4 is 15.0 Å². The second-order valence-electron chi connectivity index (χ2n) is 13.7. The molecule has 244 valence electrons. The molecule has 2 bridgehead atoms. The molecule has 3 aliphatic heterocycles. The van der Waals surface area contributed by atoms with Crippen molar-refractivity contribution in [3.63, 3.8) is 0 Å². The highest BCUT2D eigenvalue weighted by Gasteiger charge is 2.45. The number of terminal acetylenes is 1. The van der Waals surface area contributed by atoms with Crippen molar-refractivity contribution in [2.24, 2.45) is 5.41 Å². The third kappa shape index (κ3) is 5.52. The lowest BCUT2D eigenvalue weighted by molar-refractivity contribution is -0.0273. The molecule has 0 spiro atoms. The third-order valence-electron chi connectivity index (χ3n) is 10.2. The lowest BCUT2D eigenvalue weighted by Crippen LogP contribution is -2.51. The highest BCUT2D eigenvalue weighted by molar-refractivity contribution is 6.04. The molecular formula is C36H36F3N5O3. The molecule has 4 heterocycles. The lowest BCUT2D eigenvalue weighted by Gasteiger charge is -2.34. The first kappa shape index (κ1) is 30.2. The van der Waals surface area contributed by atoms with Crippen LogP contribution in [0.25, 0.3) is 32.8 Å². The number of anilines is 1. The number of phenols is 1. The Morgan fingerprint density at radius 2 is 1.87 bits per heavy atom. The number of nitrogens with one attached hydrogen (secondary N) is 1. The SMILES string of the molecule is C#Cc1c(F)ccc2cc(O)cc(-c3c(F)cc4c(N5CC6CCC(C5)N6)nc(OCC5(CN6CCO[C@H](C)C6)CC5)nc4c3F)c12. The largest absolute Gasteiger partial charge is 0.508 e.